The molecule has 0 heterocycles. The van der Waals surface area contributed by atoms with Gasteiger partial charge in [-0.05, 0) is 0 Å². The lowest BCUT2D eigenvalue weighted by Gasteiger charge is -2.14. The minimum absolute atomic E-state index is 0. The van der Waals surface area contributed by atoms with Crippen LogP contribution in [0.3, 0.4) is 0 Å². The highest BCUT2D eigenvalue weighted by atomic mass is 19.0. The predicted molar refractivity (Wildman–Crippen MR) is 31.5 cm³/mol. The van der Waals surface area contributed by atoms with E-state index in [2.05, 4.69) is 28.2 Å². The molecule has 64 valence electrons. The summed E-state index contributed by atoms with van der Waals surface area (Å²) >= 11 is 0. The van der Waals surface area contributed by atoms with E-state index in [1.807, 2.05) is 0 Å². The van der Waals surface area contributed by atoms with Gasteiger partial charge in [0.25, 0.3) is 0 Å². The fourth-order valence-electron chi connectivity index (χ4n) is 0. The number of rotatable bonds is 0. The molecule has 5 heteroatoms. The van der Waals surface area contributed by atoms with Crippen LogP contribution in [0.15, 0.2) is 0 Å². The Bertz CT molecular complexity index is 28.0. The van der Waals surface area contributed by atoms with Crippen LogP contribution in [0, 0.1) is 0 Å². The van der Waals surface area contributed by atoms with Gasteiger partial charge in [-0.3, -0.25) is 14.1 Å². The Morgan fingerprint density at radius 1 is 0.667 bits per heavy atom. The largest absolute Gasteiger partial charge is 1.00 e. The number of hydrogen-bond donors (Lipinski definition) is 0. The summed E-state index contributed by atoms with van der Waals surface area (Å²) in [7, 11) is 8.50. The third kappa shape index (κ3) is 2420. The minimum atomic E-state index is 0. The van der Waals surface area contributed by atoms with Gasteiger partial charge in [0.2, 0.25) is 0 Å². The van der Waals surface area contributed by atoms with Crippen LogP contribution < -0.4 is 4.70 Å². The highest BCUT2D eigenvalue weighted by molar-refractivity contribution is 3.87. The standard InChI is InChI=1S/C4H12N.4FH/c1-5(2,3)4;;;;/h1-4H3;4*1H/q+1;;;;/p-1. The third-order valence-electron chi connectivity index (χ3n) is 0. The highest BCUT2D eigenvalue weighted by Crippen LogP contribution is 1.73. The summed E-state index contributed by atoms with van der Waals surface area (Å²) in [6, 6.07) is 0. The monoisotopic (exact) mass is 153 g/mol. The summed E-state index contributed by atoms with van der Waals surface area (Å²) in [5.74, 6) is 0. The molecule has 0 aliphatic rings. The van der Waals surface area contributed by atoms with Crippen LogP contribution in [0.5, 0.6) is 0 Å². The molecule has 1 nitrogen and oxygen atoms in total. The predicted octanol–water partition coefficient (Wildman–Crippen LogP) is -2.22. The van der Waals surface area contributed by atoms with Crippen molar-refractivity contribution >= 4 is 0 Å². The van der Waals surface area contributed by atoms with Crippen LogP contribution in [0.1, 0.15) is 0 Å². The van der Waals surface area contributed by atoms with E-state index in [0.29, 0.717) is 0 Å². The number of halogens is 4. The average molecular weight is 153 g/mol. The van der Waals surface area contributed by atoms with Crippen molar-refractivity contribution in [1.82, 2.24) is 0 Å². The molecule has 0 aromatic carbocycles. The van der Waals surface area contributed by atoms with Gasteiger partial charge in [-0.2, -0.15) is 0 Å². The second-order valence-electron chi connectivity index (χ2n) is 2.68. The van der Waals surface area contributed by atoms with Crippen molar-refractivity contribution in [3.8, 4) is 0 Å². The second kappa shape index (κ2) is 10.6. The molecule has 0 bridgehead atoms. The maximum absolute atomic E-state index is 2.12. The Hall–Kier alpha value is -0.320. The van der Waals surface area contributed by atoms with E-state index in [-0.39, 0.29) is 18.8 Å². The fourth-order valence-corrected chi connectivity index (χ4v) is 0. The zero-order valence-corrected chi connectivity index (χ0v) is 6.05. The van der Waals surface area contributed by atoms with Crippen molar-refractivity contribution in [2.24, 2.45) is 0 Å². The minimum Gasteiger partial charge on any atom is -1.00 e. The quantitative estimate of drug-likeness (QED) is 0.273. The van der Waals surface area contributed by atoms with Crippen LogP contribution in [-0.4, -0.2) is 32.7 Å². The zero-order valence-electron chi connectivity index (χ0n) is 6.05. The van der Waals surface area contributed by atoms with Gasteiger partial charge in [0.15, 0.2) is 0 Å². The fraction of sp³-hybridized carbons (Fsp3) is 1.00. The summed E-state index contributed by atoms with van der Waals surface area (Å²) in [6.07, 6.45) is 0. The van der Waals surface area contributed by atoms with Gasteiger partial charge in [0.05, 0.1) is 28.2 Å². The third-order valence-corrected chi connectivity index (χ3v) is 0. The summed E-state index contributed by atoms with van der Waals surface area (Å²) in [4.78, 5) is 0. The molecule has 0 radical (unpaired) electrons. The molecule has 0 unspecified atom stereocenters. The molecule has 0 atom stereocenters. The first-order valence-electron chi connectivity index (χ1n) is 1.79. The Morgan fingerprint density at radius 2 is 0.667 bits per heavy atom. The van der Waals surface area contributed by atoms with Crippen LogP contribution in [0.25, 0.3) is 0 Å². The lowest BCUT2D eigenvalue weighted by atomic mass is 10.8. The van der Waals surface area contributed by atoms with Crippen LogP contribution in [0.2, 0.25) is 0 Å². The SMILES string of the molecule is C[N+](C)(C)C.F.F.F.[F-]. The van der Waals surface area contributed by atoms with Crippen LogP contribution in [0.4, 0.5) is 14.1 Å². The van der Waals surface area contributed by atoms with E-state index in [9.17, 15) is 0 Å². The molecule has 0 amide bonds. The van der Waals surface area contributed by atoms with Crippen molar-refractivity contribution < 1.29 is 23.3 Å². The zero-order chi connectivity index (χ0) is 4.50. The van der Waals surface area contributed by atoms with E-state index in [1.54, 1.807) is 0 Å². The second-order valence-corrected chi connectivity index (χ2v) is 2.68. The van der Waals surface area contributed by atoms with Crippen molar-refractivity contribution in [1.29, 1.82) is 0 Å². The normalized spacial score (nSPS) is 6.67. The summed E-state index contributed by atoms with van der Waals surface area (Å²) in [5.41, 5.74) is 0. The summed E-state index contributed by atoms with van der Waals surface area (Å²) in [6.45, 7) is 0. The molecule has 0 saturated heterocycles. The summed E-state index contributed by atoms with van der Waals surface area (Å²) in [5, 5.41) is 0. The molecular weight excluding hydrogens is 138 g/mol. The summed E-state index contributed by atoms with van der Waals surface area (Å²) < 4.78 is 1.00. The highest BCUT2D eigenvalue weighted by Gasteiger charge is 1.88. The van der Waals surface area contributed by atoms with Crippen LogP contribution >= 0.6 is 0 Å². The Labute approximate surface area is 52.7 Å². The Morgan fingerprint density at radius 3 is 0.667 bits per heavy atom. The molecular formula is C4H15F4N. The Balaban J connectivity index is -0.0000000133. The van der Waals surface area contributed by atoms with Crippen molar-refractivity contribution in [3.63, 3.8) is 0 Å². The lowest BCUT2D eigenvalue weighted by Crippen LogP contribution is -3.00. The molecule has 0 N–H and O–H groups in total. The van der Waals surface area contributed by atoms with Crippen molar-refractivity contribution in [2.45, 2.75) is 0 Å². The van der Waals surface area contributed by atoms with Gasteiger partial charge in [-0.15, -0.1) is 0 Å². The molecule has 0 aliphatic carbocycles. The molecule has 0 fully saturated rings. The van der Waals surface area contributed by atoms with Gasteiger partial charge < -0.3 is 9.19 Å². The first kappa shape index (κ1) is 37.8. The number of nitrogens with zero attached hydrogens (tertiary/aromatic N) is 1. The first-order chi connectivity index (χ1) is 2.00. The molecule has 0 aromatic rings. The molecule has 0 aliphatic heterocycles. The number of hydrogen-bond acceptors (Lipinski definition) is 0. The lowest BCUT2D eigenvalue weighted by molar-refractivity contribution is -0.849. The van der Waals surface area contributed by atoms with Gasteiger partial charge in [-0.25, -0.2) is 0 Å². The average Bonchev–Trinajstić information content (AvgIpc) is 0.722. The van der Waals surface area contributed by atoms with Crippen molar-refractivity contribution in [3.05, 3.63) is 0 Å². The van der Waals surface area contributed by atoms with E-state index >= 15 is 0 Å². The molecule has 0 spiro atoms. The van der Waals surface area contributed by atoms with Gasteiger partial charge >= 0.3 is 0 Å². The van der Waals surface area contributed by atoms with E-state index < -0.39 is 0 Å². The maximum atomic E-state index is 2.12. The molecule has 9 heavy (non-hydrogen) atoms. The van der Waals surface area contributed by atoms with Gasteiger partial charge in [0, 0.05) is 0 Å². The number of quaternary nitrogens is 1. The van der Waals surface area contributed by atoms with E-state index in [1.165, 1.54) is 0 Å². The molecule has 0 saturated carbocycles. The van der Waals surface area contributed by atoms with Gasteiger partial charge in [0.1, 0.15) is 0 Å². The first-order valence-corrected chi connectivity index (χ1v) is 1.79. The van der Waals surface area contributed by atoms with Crippen LogP contribution in [-0.2, 0) is 0 Å². The maximum Gasteiger partial charge on any atom is 0.0675 e. The van der Waals surface area contributed by atoms with Crippen molar-refractivity contribution in [2.75, 3.05) is 28.2 Å². The Kier molecular flexibility index (Phi) is 44.6. The molecule has 0 rings (SSSR count). The van der Waals surface area contributed by atoms with Gasteiger partial charge in [-0.1, -0.05) is 0 Å². The smallest absolute Gasteiger partial charge is 0.0675 e. The van der Waals surface area contributed by atoms with E-state index in [0.717, 1.165) is 4.48 Å². The van der Waals surface area contributed by atoms with E-state index in [4.69, 9.17) is 0 Å². The topological polar surface area (TPSA) is 0 Å². The molecule has 0 aromatic heterocycles.